The second kappa shape index (κ2) is 7.63. The van der Waals surface area contributed by atoms with Crippen LogP contribution in [-0.4, -0.2) is 11.7 Å². The zero-order valence-corrected chi connectivity index (χ0v) is 15.4. The van der Waals surface area contributed by atoms with E-state index in [1.165, 1.54) is 6.42 Å². The van der Waals surface area contributed by atoms with Crippen molar-refractivity contribution in [2.45, 2.75) is 79.9 Å². The smallest absolute Gasteiger partial charge is 0.0619 e. The van der Waals surface area contributed by atoms with Crippen LogP contribution in [0.4, 0.5) is 0 Å². The van der Waals surface area contributed by atoms with Gasteiger partial charge in [-0.1, -0.05) is 51.5 Å². The van der Waals surface area contributed by atoms with Gasteiger partial charge >= 0.3 is 0 Å². The van der Waals surface area contributed by atoms with Crippen LogP contribution in [0, 0.1) is 23.7 Å². The fraction of sp³-hybridized carbons (Fsp3) is 0.800. The number of hydrogen-bond donors (Lipinski definition) is 0. The van der Waals surface area contributed by atoms with Gasteiger partial charge in [0.05, 0.1) is 11.7 Å². The highest BCUT2D eigenvalue weighted by Gasteiger charge is 2.27. The molecule has 3 unspecified atom stereocenters. The van der Waals surface area contributed by atoms with Gasteiger partial charge in [-0.3, -0.25) is 0 Å². The molecule has 0 fully saturated rings. The summed E-state index contributed by atoms with van der Waals surface area (Å²) in [5.41, 5.74) is 1.56. The van der Waals surface area contributed by atoms with E-state index in [1.54, 1.807) is 5.57 Å². The minimum absolute atomic E-state index is 0.0655. The van der Waals surface area contributed by atoms with E-state index in [-0.39, 0.29) is 11.7 Å². The van der Waals surface area contributed by atoms with Gasteiger partial charge in [-0.25, -0.2) is 0 Å². The summed E-state index contributed by atoms with van der Waals surface area (Å²) in [5.74, 6) is 2.69. The molecule has 1 rings (SSSR count). The molecule has 0 saturated heterocycles. The SMILES string of the molecule is CC(C)CC(C1=CC=CC(C(C)OC(C)(C)C)C1)C(C)C. The van der Waals surface area contributed by atoms with Crippen molar-refractivity contribution in [3.05, 3.63) is 23.8 Å². The molecule has 3 atom stereocenters. The molecule has 1 nitrogen and oxygen atoms in total. The maximum atomic E-state index is 6.17. The number of hydrogen-bond acceptors (Lipinski definition) is 1. The van der Waals surface area contributed by atoms with E-state index in [1.807, 2.05) is 0 Å². The Labute approximate surface area is 132 Å². The highest BCUT2D eigenvalue weighted by atomic mass is 16.5. The Morgan fingerprint density at radius 3 is 2.24 bits per heavy atom. The van der Waals surface area contributed by atoms with Crippen LogP contribution in [0.15, 0.2) is 23.8 Å². The summed E-state index contributed by atoms with van der Waals surface area (Å²) >= 11 is 0. The zero-order valence-electron chi connectivity index (χ0n) is 15.4. The van der Waals surface area contributed by atoms with E-state index in [4.69, 9.17) is 4.74 Å². The van der Waals surface area contributed by atoms with Crippen LogP contribution in [0.2, 0.25) is 0 Å². The molecule has 0 N–H and O–H groups in total. The minimum Gasteiger partial charge on any atom is -0.372 e. The summed E-state index contributed by atoms with van der Waals surface area (Å²) in [4.78, 5) is 0. The van der Waals surface area contributed by atoms with Crippen LogP contribution in [0.3, 0.4) is 0 Å². The summed E-state index contributed by atoms with van der Waals surface area (Å²) in [6.45, 7) is 18.0. The normalized spacial score (nSPS) is 22.6. The van der Waals surface area contributed by atoms with E-state index < -0.39 is 0 Å². The van der Waals surface area contributed by atoms with Crippen molar-refractivity contribution in [2.75, 3.05) is 0 Å². The van der Waals surface area contributed by atoms with Crippen LogP contribution in [0.1, 0.15) is 68.2 Å². The van der Waals surface area contributed by atoms with Gasteiger partial charge in [-0.05, 0) is 58.3 Å². The summed E-state index contributed by atoms with van der Waals surface area (Å²) < 4.78 is 6.17. The molecule has 0 aromatic rings. The largest absolute Gasteiger partial charge is 0.372 e. The van der Waals surface area contributed by atoms with Gasteiger partial charge in [-0.15, -0.1) is 0 Å². The van der Waals surface area contributed by atoms with E-state index >= 15 is 0 Å². The van der Waals surface area contributed by atoms with E-state index in [9.17, 15) is 0 Å². The van der Waals surface area contributed by atoms with E-state index in [0.717, 1.165) is 12.3 Å². The fourth-order valence-corrected chi connectivity index (χ4v) is 3.33. The first-order valence-corrected chi connectivity index (χ1v) is 8.65. The monoisotopic (exact) mass is 292 g/mol. The molecule has 0 amide bonds. The first kappa shape index (κ1) is 18.5. The third-order valence-electron chi connectivity index (χ3n) is 4.29. The van der Waals surface area contributed by atoms with Crippen molar-refractivity contribution in [3.63, 3.8) is 0 Å². The molecule has 0 bridgehead atoms. The van der Waals surface area contributed by atoms with Crippen molar-refractivity contribution < 1.29 is 4.74 Å². The lowest BCUT2D eigenvalue weighted by atomic mass is 9.76. The Bertz CT molecular complexity index is 368. The Kier molecular flexibility index (Phi) is 6.71. The third kappa shape index (κ3) is 6.38. The van der Waals surface area contributed by atoms with E-state index in [0.29, 0.717) is 17.8 Å². The maximum Gasteiger partial charge on any atom is 0.0619 e. The van der Waals surface area contributed by atoms with Crippen molar-refractivity contribution in [3.8, 4) is 0 Å². The van der Waals surface area contributed by atoms with Crippen LogP contribution in [0.5, 0.6) is 0 Å². The second-order valence-corrected chi connectivity index (χ2v) is 8.41. The summed E-state index contributed by atoms with van der Waals surface area (Å²) in [6, 6.07) is 0. The third-order valence-corrected chi connectivity index (χ3v) is 4.29. The fourth-order valence-electron chi connectivity index (χ4n) is 3.33. The highest BCUT2D eigenvalue weighted by molar-refractivity contribution is 5.23. The van der Waals surface area contributed by atoms with Crippen LogP contribution >= 0.6 is 0 Å². The van der Waals surface area contributed by atoms with Gasteiger partial charge in [0.25, 0.3) is 0 Å². The van der Waals surface area contributed by atoms with Gasteiger partial charge < -0.3 is 4.74 Å². The Hall–Kier alpha value is -0.560. The molecule has 21 heavy (non-hydrogen) atoms. The molecule has 122 valence electrons. The topological polar surface area (TPSA) is 9.23 Å². The minimum atomic E-state index is -0.0655. The molecule has 0 radical (unpaired) electrons. The average Bonchev–Trinajstić information content (AvgIpc) is 2.33. The standard InChI is InChI=1S/C20H36O/c1-14(2)12-19(15(3)4)18-11-9-10-17(13-18)16(5)21-20(6,7)8/h9-11,14-17,19H,12-13H2,1-8H3. The Morgan fingerprint density at radius 2 is 1.76 bits per heavy atom. The number of ether oxygens (including phenoxy) is 1. The first-order chi connectivity index (χ1) is 9.60. The van der Waals surface area contributed by atoms with Crippen molar-refractivity contribution in [2.24, 2.45) is 23.7 Å². The summed E-state index contributed by atoms with van der Waals surface area (Å²) in [7, 11) is 0. The predicted molar refractivity (Wildman–Crippen MR) is 93.4 cm³/mol. The average molecular weight is 293 g/mol. The van der Waals surface area contributed by atoms with Crippen molar-refractivity contribution in [1.29, 1.82) is 0 Å². The Balaban J connectivity index is 2.74. The lowest BCUT2D eigenvalue weighted by Crippen LogP contribution is -2.31. The van der Waals surface area contributed by atoms with Gasteiger partial charge in [0, 0.05) is 5.92 Å². The maximum absolute atomic E-state index is 6.17. The number of allylic oxidation sites excluding steroid dienone is 3. The molecule has 1 heteroatoms. The first-order valence-electron chi connectivity index (χ1n) is 8.65. The van der Waals surface area contributed by atoms with Crippen LogP contribution in [-0.2, 0) is 4.74 Å². The summed E-state index contributed by atoms with van der Waals surface area (Å²) in [5, 5.41) is 0. The van der Waals surface area contributed by atoms with Gasteiger partial charge in [0.1, 0.15) is 0 Å². The molecule has 1 aliphatic rings. The van der Waals surface area contributed by atoms with Crippen molar-refractivity contribution in [1.82, 2.24) is 0 Å². The lowest BCUT2D eigenvalue weighted by Gasteiger charge is -2.34. The molecule has 1 aliphatic carbocycles. The second-order valence-electron chi connectivity index (χ2n) is 8.41. The molecular weight excluding hydrogens is 256 g/mol. The lowest BCUT2D eigenvalue weighted by molar-refractivity contribution is -0.0684. The highest BCUT2D eigenvalue weighted by Crippen LogP contribution is 2.35. The zero-order chi connectivity index (χ0) is 16.2. The summed E-state index contributed by atoms with van der Waals surface area (Å²) in [6.07, 6.45) is 9.65. The Morgan fingerprint density at radius 1 is 1.14 bits per heavy atom. The molecular formula is C20H36O. The molecule has 0 spiro atoms. The van der Waals surface area contributed by atoms with Gasteiger partial charge in [0.15, 0.2) is 0 Å². The number of rotatable bonds is 6. The predicted octanol–water partition coefficient (Wildman–Crippen LogP) is 6.01. The van der Waals surface area contributed by atoms with E-state index in [2.05, 4.69) is 73.6 Å². The molecule has 0 heterocycles. The molecule has 0 aromatic carbocycles. The van der Waals surface area contributed by atoms with Gasteiger partial charge in [0.2, 0.25) is 0 Å². The molecule has 0 saturated carbocycles. The quantitative estimate of drug-likeness (QED) is 0.582. The van der Waals surface area contributed by atoms with Gasteiger partial charge in [-0.2, -0.15) is 0 Å². The van der Waals surface area contributed by atoms with Crippen LogP contribution < -0.4 is 0 Å². The molecule has 0 aromatic heterocycles. The van der Waals surface area contributed by atoms with Crippen molar-refractivity contribution >= 4 is 0 Å². The van der Waals surface area contributed by atoms with Crippen LogP contribution in [0.25, 0.3) is 0 Å². The molecule has 0 aliphatic heterocycles.